The summed E-state index contributed by atoms with van der Waals surface area (Å²) < 4.78 is 1.86. The molecule has 1 N–H and O–H groups in total. The maximum Gasteiger partial charge on any atom is 0.308 e. The van der Waals surface area contributed by atoms with Gasteiger partial charge in [0.25, 0.3) is 5.91 Å². The van der Waals surface area contributed by atoms with Gasteiger partial charge in [-0.2, -0.15) is 0 Å². The normalized spacial score (nSPS) is 18.6. The van der Waals surface area contributed by atoms with Crippen LogP contribution < -0.4 is 0 Å². The lowest BCUT2D eigenvalue weighted by Gasteiger charge is -2.13. The van der Waals surface area contributed by atoms with Crippen LogP contribution in [0.1, 0.15) is 22.6 Å². The Balaban J connectivity index is 1.86. The van der Waals surface area contributed by atoms with Gasteiger partial charge in [0.15, 0.2) is 0 Å². The lowest BCUT2D eigenvalue weighted by molar-refractivity contribution is -0.141. The average molecular weight is 273 g/mol. The van der Waals surface area contributed by atoms with E-state index in [4.69, 9.17) is 5.11 Å². The zero-order valence-electron chi connectivity index (χ0n) is 11.1. The first kappa shape index (κ1) is 12.7. The first-order valence-electron chi connectivity index (χ1n) is 6.53. The third-order valence-corrected chi connectivity index (χ3v) is 3.74. The zero-order valence-corrected chi connectivity index (χ0v) is 11.1. The lowest BCUT2D eigenvalue weighted by Crippen LogP contribution is -2.30. The number of nitrogens with zero attached hydrogens (tertiary/aromatic N) is 3. The van der Waals surface area contributed by atoms with Crippen molar-refractivity contribution >= 4 is 17.5 Å². The summed E-state index contributed by atoms with van der Waals surface area (Å²) in [7, 11) is 0. The fraction of sp³-hybridized carbons (Fsp3) is 0.357. The molecule has 3 rings (SSSR count). The number of carbonyl (C=O) groups excluding carboxylic acids is 1. The standard InChI is InChI=1S/C14H15N3O3/c1-9-3-2-4-12-15-11(8-17(9)12)13(18)16-6-5-10(7-16)14(19)20/h2-4,8,10H,5-7H2,1H3,(H,19,20). The number of hydrogen-bond acceptors (Lipinski definition) is 3. The summed E-state index contributed by atoms with van der Waals surface area (Å²) in [5.74, 6) is -1.50. The molecule has 1 unspecified atom stereocenters. The van der Waals surface area contributed by atoms with Gasteiger partial charge < -0.3 is 14.4 Å². The molecular weight excluding hydrogens is 258 g/mol. The number of likely N-dealkylation sites (tertiary alicyclic amines) is 1. The maximum absolute atomic E-state index is 12.4. The molecule has 104 valence electrons. The second kappa shape index (κ2) is 4.63. The molecule has 0 saturated carbocycles. The monoisotopic (exact) mass is 273 g/mol. The SMILES string of the molecule is Cc1cccc2nc(C(=O)N3CCC(C(=O)O)C3)cn12. The number of aliphatic carboxylic acids is 1. The van der Waals surface area contributed by atoms with E-state index in [0.29, 0.717) is 18.7 Å². The Kier molecular flexibility index (Phi) is 2.93. The number of carboxylic acid groups (broad SMARTS) is 1. The minimum Gasteiger partial charge on any atom is -0.481 e. The molecule has 1 aliphatic rings. The van der Waals surface area contributed by atoms with Crippen molar-refractivity contribution in [2.24, 2.45) is 5.92 Å². The van der Waals surface area contributed by atoms with Crippen LogP contribution in [0.2, 0.25) is 0 Å². The highest BCUT2D eigenvalue weighted by molar-refractivity contribution is 5.93. The Bertz CT molecular complexity index is 692. The lowest BCUT2D eigenvalue weighted by atomic mass is 10.1. The van der Waals surface area contributed by atoms with Crippen LogP contribution in [0, 0.1) is 12.8 Å². The van der Waals surface area contributed by atoms with Crippen molar-refractivity contribution in [3.63, 3.8) is 0 Å². The van der Waals surface area contributed by atoms with E-state index in [-0.39, 0.29) is 12.5 Å². The summed E-state index contributed by atoms with van der Waals surface area (Å²) in [4.78, 5) is 29.2. The van der Waals surface area contributed by atoms with Gasteiger partial charge in [-0.25, -0.2) is 4.98 Å². The quantitative estimate of drug-likeness (QED) is 0.891. The van der Waals surface area contributed by atoms with Crippen LogP contribution in [0.25, 0.3) is 5.65 Å². The van der Waals surface area contributed by atoms with E-state index < -0.39 is 11.9 Å². The Morgan fingerprint density at radius 3 is 2.85 bits per heavy atom. The van der Waals surface area contributed by atoms with Gasteiger partial charge >= 0.3 is 5.97 Å². The van der Waals surface area contributed by atoms with Gasteiger partial charge in [-0.3, -0.25) is 9.59 Å². The molecular formula is C14H15N3O3. The van der Waals surface area contributed by atoms with Crippen molar-refractivity contribution < 1.29 is 14.7 Å². The molecule has 20 heavy (non-hydrogen) atoms. The molecule has 1 fully saturated rings. The van der Waals surface area contributed by atoms with Crippen LogP contribution in [0.4, 0.5) is 0 Å². The fourth-order valence-electron chi connectivity index (χ4n) is 2.56. The topological polar surface area (TPSA) is 74.9 Å². The van der Waals surface area contributed by atoms with E-state index in [0.717, 1.165) is 11.3 Å². The van der Waals surface area contributed by atoms with Gasteiger partial charge in [-0.1, -0.05) is 6.07 Å². The fourth-order valence-corrected chi connectivity index (χ4v) is 2.56. The molecule has 1 aliphatic heterocycles. The number of carboxylic acids is 1. The van der Waals surface area contributed by atoms with Gasteiger partial charge in [0.1, 0.15) is 11.3 Å². The molecule has 6 heteroatoms. The van der Waals surface area contributed by atoms with Crippen LogP contribution in [0.15, 0.2) is 24.4 Å². The van der Waals surface area contributed by atoms with Gasteiger partial charge in [-0.15, -0.1) is 0 Å². The summed E-state index contributed by atoms with van der Waals surface area (Å²) in [6.07, 6.45) is 2.22. The maximum atomic E-state index is 12.4. The van der Waals surface area contributed by atoms with Crippen LogP contribution >= 0.6 is 0 Å². The first-order chi connectivity index (χ1) is 9.56. The van der Waals surface area contributed by atoms with E-state index >= 15 is 0 Å². The number of amides is 1. The number of pyridine rings is 1. The molecule has 1 atom stereocenters. The van der Waals surface area contributed by atoms with E-state index in [1.54, 1.807) is 11.1 Å². The van der Waals surface area contributed by atoms with Crippen molar-refractivity contribution in [1.29, 1.82) is 0 Å². The Morgan fingerprint density at radius 2 is 2.20 bits per heavy atom. The molecule has 6 nitrogen and oxygen atoms in total. The van der Waals surface area contributed by atoms with Crippen molar-refractivity contribution in [3.05, 3.63) is 35.8 Å². The Labute approximate surface area is 115 Å². The van der Waals surface area contributed by atoms with E-state index in [1.165, 1.54) is 0 Å². The van der Waals surface area contributed by atoms with Crippen LogP contribution in [0.3, 0.4) is 0 Å². The Hall–Kier alpha value is -2.37. The molecule has 0 aliphatic carbocycles. The number of aryl methyl sites for hydroxylation is 1. The summed E-state index contributed by atoms with van der Waals surface area (Å²) in [5, 5.41) is 8.98. The highest BCUT2D eigenvalue weighted by Gasteiger charge is 2.32. The molecule has 0 bridgehead atoms. The molecule has 1 amide bonds. The van der Waals surface area contributed by atoms with E-state index in [2.05, 4.69) is 4.98 Å². The number of carbonyl (C=O) groups is 2. The van der Waals surface area contributed by atoms with Crippen molar-refractivity contribution in [2.75, 3.05) is 13.1 Å². The number of hydrogen-bond donors (Lipinski definition) is 1. The molecule has 0 aromatic carbocycles. The second-order valence-corrected chi connectivity index (χ2v) is 5.10. The third-order valence-electron chi connectivity index (χ3n) is 3.74. The number of imidazole rings is 1. The molecule has 2 aromatic heterocycles. The van der Waals surface area contributed by atoms with Crippen molar-refractivity contribution in [2.45, 2.75) is 13.3 Å². The molecule has 0 spiro atoms. The van der Waals surface area contributed by atoms with E-state index in [9.17, 15) is 9.59 Å². The van der Waals surface area contributed by atoms with Crippen molar-refractivity contribution in [3.8, 4) is 0 Å². The van der Waals surface area contributed by atoms with Crippen LogP contribution in [-0.2, 0) is 4.79 Å². The second-order valence-electron chi connectivity index (χ2n) is 5.10. The largest absolute Gasteiger partial charge is 0.481 e. The number of rotatable bonds is 2. The van der Waals surface area contributed by atoms with E-state index in [1.807, 2.05) is 29.5 Å². The molecule has 2 aromatic rings. The number of fused-ring (bicyclic) bond motifs is 1. The molecule has 3 heterocycles. The predicted molar refractivity (Wildman–Crippen MR) is 71.6 cm³/mol. The first-order valence-corrected chi connectivity index (χ1v) is 6.53. The number of aromatic nitrogens is 2. The predicted octanol–water partition coefficient (Wildman–Crippen LogP) is 1.19. The highest BCUT2D eigenvalue weighted by atomic mass is 16.4. The summed E-state index contributed by atoms with van der Waals surface area (Å²) in [5.41, 5.74) is 2.09. The smallest absolute Gasteiger partial charge is 0.308 e. The third kappa shape index (κ3) is 2.03. The minimum atomic E-state index is -0.842. The van der Waals surface area contributed by atoms with Gasteiger partial charge in [0, 0.05) is 25.0 Å². The Morgan fingerprint density at radius 1 is 1.40 bits per heavy atom. The highest BCUT2D eigenvalue weighted by Crippen LogP contribution is 2.19. The minimum absolute atomic E-state index is 0.197. The summed E-state index contributed by atoms with van der Waals surface area (Å²) in [6.45, 7) is 2.68. The summed E-state index contributed by atoms with van der Waals surface area (Å²) >= 11 is 0. The summed E-state index contributed by atoms with van der Waals surface area (Å²) in [6, 6.07) is 5.68. The molecule has 1 saturated heterocycles. The van der Waals surface area contributed by atoms with Crippen LogP contribution in [-0.4, -0.2) is 44.4 Å². The van der Waals surface area contributed by atoms with Gasteiger partial charge in [0.2, 0.25) is 0 Å². The molecule has 0 radical (unpaired) electrons. The van der Waals surface area contributed by atoms with Gasteiger partial charge in [-0.05, 0) is 25.5 Å². The average Bonchev–Trinajstić information content (AvgIpc) is 3.05. The zero-order chi connectivity index (χ0) is 14.3. The van der Waals surface area contributed by atoms with Crippen LogP contribution in [0.5, 0.6) is 0 Å². The van der Waals surface area contributed by atoms with Crippen molar-refractivity contribution in [1.82, 2.24) is 14.3 Å². The van der Waals surface area contributed by atoms with Gasteiger partial charge in [0.05, 0.1) is 5.92 Å².